The minimum atomic E-state index is -1.78. The van der Waals surface area contributed by atoms with Crippen LogP contribution in [-0.4, -0.2) is 37.7 Å². The van der Waals surface area contributed by atoms with Gasteiger partial charge in [-0.3, -0.25) is 0 Å². The first-order valence-corrected chi connectivity index (χ1v) is 14.1. The molecule has 28 heavy (non-hydrogen) atoms. The molecule has 2 fully saturated rings. The van der Waals surface area contributed by atoms with Gasteiger partial charge in [-0.15, -0.1) is 0 Å². The normalized spacial score (nSPS) is 32.7. The molecule has 0 spiro atoms. The van der Waals surface area contributed by atoms with Crippen LogP contribution in [0.3, 0.4) is 0 Å². The molecule has 0 heterocycles. The molecule has 0 aromatic carbocycles. The van der Waals surface area contributed by atoms with Gasteiger partial charge in [-0.1, -0.05) is 41.0 Å². The zero-order chi connectivity index (χ0) is 21.5. The Labute approximate surface area is 173 Å². The summed E-state index contributed by atoms with van der Waals surface area (Å²) in [4.78, 5) is 12.0. The molecule has 5 atom stereocenters. The van der Waals surface area contributed by atoms with E-state index >= 15 is 0 Å². The quantitative estimate of drug-likeness (QED) is 0.459. The molecule has 5 heteroatoms. The molecule has 0 aromatic heterocycles. The van der Waals surface area contributed by atoms with Gasteiger partial charge in [0.05, 0.1) is 6.61 Å². The van der Waals surface area contributed by atoms with Crippen molar-refractivity contribution < 1.29 is 19.1 Å². The van der Waals surface area contributed by atoms with E-state index in [1.807, 2.05) is 0 Å². The van der Waals surface area contributed by atoms with Crippen molar-refractivity contribution in [3.63, 3.8) is 0 Å². The largest absolute Gasteiger partial charge is 0.463 e. The molecule has 2 rings (SSSR count). The van der Waals surface area contributed by atoms with Gasteiger partial charge in [0, 0.05) is 6.10 Å². The zero-order valence-electron chi connectivity index (χ0n) is 19.7. The fourth-order valence-corrected chi connectivity index (χ4v) is 6.68. The van der Waals surface area contributed by atoms with E-state index in [0.717, 1.165) is 0 Å². The van der Waals surface area contributed by atoms with Crippen molar-refractivity contribution in [3.05, 3.63) is 0 Å². The summed E-state index contributed by atoms with van der Waals surface area (Å²) in [7, 11) is -1.78. The Morgan fingerprint density at radius 1 is 1.18 bits per heavy atom. The Kier molecular flexibility index (Phi) is 6.85. The van der Waals surface area contributed by atoms with E-state index in [1.54, 1.807) is 0 Å². The highest BCUT2D eigenvalue weighted by Gasteiger charge is 2.54. The molecule has 1 N–H and O–H groups in total. The molecule has 0 amide bonds. The molecule has 2 aliphatic carbocycles. The highest BCUT2D eigenvalue weighted by atomic mass is 28.4. The molecule has 2 aliphatic rings. The van der Waals surface area contributed by atoms with Gasteiger partial charge < -0.3 is 14.3 Å². The number of ether oxygens (including phenoxy) is 1. The fraction of sp³-hybridized carbons (Fsp3) is 0.957. The van der Waals surface area contributed by atoms with Crippen LogP contribution in [-0.2, 0) is 14.0 Å². The predicted octanol–water partition coefficient (Wildman–Crippen LogP) is 5.54. The molecule has 164 valence electrons. The standard InChI is InChI=1S/C23H44O4Si/c1-16(15-26-20(24)22(5,6)25)17-12-13-18-19(11-10-14-23(17,18)7)27-28(8,9)21(2,3)4/h16-19,25H,10-15H2,1-9H3/t16-,17-,18+,19+,23-/m1/s1. The van der Waals surface area contributed by atoms with Gasteiger partial charge >= 0.3 is 5.97 Å². The lowest BCUT2D eigenvalue weighted by Crippen LogP contribution is -2.50. The van der Waals surface area contributed by atoms with Gasteiger partial charge in [0.25, 0.3) is 0 Å². The molecule has 2 saturated carbocycles. The third kappa shape index (κ3) is 4.84. The number of aliphatic hydroxyl groups is 1. The number of rotatable bonds is 6. The SMILES string of the molecule is C[C@H](COC(=O)C(C)(C)O)[C@H]1CC[C@H]2[C@@H](O[Si](C)(C)C(C)(C)C)CCC[C@]12C. The first kappa shape index (κ1) is 23.9. The summed E-state index contributed by atoms with van der Waals surface area (Å²) in [6.07, 6.45) is 6.41. The van der Waals surface area contributed by atoms with E-state index < -0.39 is 19.9 Å². The summed E-state index contributed by atoms with van der Waals surface area (Å²) in [5.74, 6) is 0.917. The summed E-state index contributed by atoms with van der Waals surface area (Å²) >= 11 is 0. The van der Waals surface area contributed by atoms with Crippen LogP contribution in [0.2, 0.25) is 18.1 Å². The van der Waals surface area contributed by atoms with Gasteiger partial charge in [0.1, 0.15) is 0 Å². The molecule has 0 radical (unpaired) electrons. The van der Waals surface area contributed by atoms with Crippen molar-refractivity contribution >= 4 is 14.3 Å². The minimum absolute atomic E-state index is 0.234. The summed E-state index contributed by atoms with van der Waals surface area (Å²) in [5, 5.41) is 10.1. The number of esters is 1. The maximum Gasteiger partial charge on any atom is 0.337 e. The van der Waals surface area contributed by atoms with E-state index in [1.165, 1.54) is 46.0 Å². The second-order valence-corrected chi connectivity index (χ2v) is 16.5. The lowest BCUT2D eigenvalue weighted by molar-refractivity contribution is -0.164. The number of carbonyl (C=O) groups is 1. The zero-order valence-corrected chi connectivity index (χ0v) is 20.7. The first-order chi connectivity index (χ1) is 12.6. The van der Waals surface area contributed by atoms with Crippen molar-refractivity contribution in [3.8, 4) is 0 Å². The van der Waals surface area contributed by atoms with E-state index in [4.69, 9.17) is 9.16 Å². The topological polar surface area (TPSA) is 55.8 Å². The van der Waals surface area contributed by atoms with Crippen molar-refractivity contribution in [1.82, 2.24) is 0 Å². The maximum absolute atomic E-state index is 12.0. The van der Waals surface area contributed by atoms with Gasteiger partial charge in [0.15, 0.2) is 13.9 Å². The molecule has 0 aromatic rings. The van der Waals surface area contributed by atoms with E-state index in [2.05, 4.69) is 47.7 Å². The van der Waals surface area contributed by atoms with Gasteiger partial charge in [-0.05, 0) is 80.8 Å². The molecular weight excluding hydrogens is 368 g/mol. The monoisotopic (exact) mass is 412 g/mol. The van der Waals surface area contributed by atoms with Crippen LogP contribution in [0.15, 0.2) is 0 Å². The summed E-state index contributed by atoms with van der Waals surface area (Å²) in [6.45, 7) is 19.7. The minimum Gasteiger partial charge on any atom is -0.463 e. The van der Waals surface area contributed by atoms with Crippen molar-refractivity contribution in [1.29, 1.82) is 0 Å². The Morgan fingerprint density at radius 2 is 1.79 bits per heavy atom. The van der Waals surface area contributed by atoms with Gasteiger partial charge in [-0.2, -0.15) is 0 Å². The van der Waals surface area contributed by atoms with E-state index in [0.29, 0.717) is 30.5 Å². The molecular formula is C23H44O4Si. The first-order valence-electron chi connectivity index (χ1n) is 11.2. The average molecular weight is 413 g/mol. The Bertz CT molecular complexity index is 560. The Morgan fingerprint density at radius 3 is 2.32 bits per heavy atom. The number of fused-ring (bicyclic) bond motifs is 1. The van der Waals surface area contributed by atoms with Crippen LogP contribution < -0.4 is 0 Å². The van der Waals surface area contributed by atoms with Crippen LogP contribution in [0.1, 0.15) is 80.6 Å². The average Bonchev–Trinajstić information content (AvgIpc) is 2.88. The molecule has 0 aliphatic heterocycles. The molecule has 0 bridgehead atoms. The van der Waals surface area contributed by atoms with Crippen LogP contribution in [0.25, 0.3) is 0 Å². The second kappa shape index (κ2) is 8.03. The highest BCUT2D eigenvalue weighted by molar-refractivity contribution is 6.74. The molecule has 4 nitrogen and oxygen atoms in total. The number of carbonyl (C=O) groups excluding carboxylic acids is 1. The third-order valence-corrected chi connectivity index (χ3v) is 12.6. The number of hydrogen-bond acceptors (Lipinski definition) is 4. The van der Waals surface area contributed by atoms with Crippen molar-refractivity contribution in [2.24, 2.45) is 23.2 Å². The van der Waals surface area contributed by atoms with E-state index in [-0.39, 0.29) is 10.5 Å². The Hall–Kier alpha value is -0.393. The van der Waals surface area contributed by atoms with Gasteiger partial charge in [0.2, 0.25) is 0 Å². The second-order valence-electron chi connectivity index (χ2n) is 11.7. The lowest BCUT2D eigenvalue weighted by Gasteiger charge is -2.49. The van der Waals surface area contributed by atoms with E-state index in [9.17, 15) is 9.90 Å². The smallest absolute Gasteiger partial charge is 0.337 e. The molecule has 0 unspecified atom stereocenters. The van der Waals surface area contributed by atoms with Crippen LogP contribution >= 0.6 is 0 Å². The van der Waals surface area contributed by atoms with Crippen LogP contribution in [0.4, 0.5) is 0 Å². The lowest BCUT2D eigenvalue weighted by atomic mass is 9.62. The van der Waals surface area contributed by atoms with Crippen LogP contribution in [0.5, 0.6) is 0 Å². The summed E-state index contributed by atoms with van der Waals surface area (Å²) in [6, 6.07) is 0. The fourth-order valence-electron chi connectivity index (χ4n) is 5.29. The predicted molar refractivity (Wildman–Crippen MR) is 117 cm³/mol. The highest BCUT2D eigenvalue weighted by Crippen LogP contribution is 2.59. The van der Waals surface area contributed by atoms with Gasteiger partial charge in [-0.25, -0.2) is 4.79 Å². The summed E-state index contributed by atoms with van der Waals surface area (Å²) in [5.41, 5.74) is -1.17. The Balaban J connectivity index is 2.07. The van der Waals surface area contributed by atoms with Crippen molar-refractivity contribution in [2.75, 3.05) is 6.61 Å². The number of hydrogen-bond donors (Lipinski definition) is 1. The maximum atomic E-state index is 12.0. The summed E-state index contributed by atoms with van der Waals surface area (Å²) < 4.78 is 12.4. The van der Waals surface area contributed by atoms with Crippen molar-refractivity contribution in [2.45, 2.75) is 110 Å². The van der Waals surface area contributed by atoms with Crippen LogP contribution in [0, 0.1) is 23.2 Å². The third-order valence-electron chi connectivity index (χ3n) is 8.05. The molecule has 0 saturated heterocycles.